The molecule has 0 bridgehead atoms. The van der Waals surface area contributed by atoms with Crippen molar-refractivity contribution in [2.24, 2.45) is 0 Å². The highest BCUT2D eigenvalue weighted by Gasteiger charge is 2.04. The molecule has 1 aromatic rings. The van der Waals surface area contributed by atoms with E-state index in [0.29, 0.717) is 5.49 Å². The first-order valence-electron chi connectivity index (χ1n) is 4.15. The first-order chi connectivity index (χ1) is 6.15. The Kier molecular flexibility index (Phi) is 5.45. The summed E-state index contributed by atoms with van der Waals surface area (Å²) >= 11 is 0. The van der Waals surface area contributed by atoms with E-state index in [2.05, 4.69) is 0 Å². The molecule has 0 radical (unpaired) electrons. The highest BCUT2D eigenvalue weighted by molar-refractivity contribution is 5.85. The number of aryl methyl sites for hydroxylation is 1. The zero-order valence-electron chi connectivity index (χ0n) is 7.97. The standard InChI is InChI=1S/C9H14N2O2.ClH/c1-7-3-2-4-9(10)11(7)5-8(13)6-12;/h2-4,8,10,12-13H,5-6H2,1H3;1H. The summed E-state index contributed by atoms with van der Waals surface area (Å²) in [6, 6.07) is 5.30. The van der Waals surface area contributed by atoms with Crippen molar-refractivity contribution < 1.29 is 10.2 Å². The number of halogens is 1. The van der Waals surface area contributed by atoms with Gasteiger partial charge in [0.2, 0.25) is 0 Å². The second kappa shape index (κ2) is 5.80. The largest absolute Gasteiger partial charge is 0.394 e. The molecule has 0 saturated heterocycles. The molecule has 0 aliphatic rings. The highest BCUT2D eigenvalue weighted by atomic mass is 35.5. The number of aliphatic hydroxyl groups excluding tert-OH is 2. The molecule has 5 heteroatoms. The topological polar surface area (TPSA) is 69.2 Å². The molecule has 1 aromatic heterocycles. The molecule has 0 amide bonds. The molecule has 1 atom stereocenters. The fourth-order valence-electron chi connectivity index (χ4n) is 1.16. The van der Waals surface area contributed by atoms with E-state index < -0.39 is 6.10 Å². The Labute approximate surface area is 88.7 Å². The summed E-state index contributed by atoms with van der Waals surface area (Å²) in [5.74, 6) is 0. The molecule has 1 unspecified atom stereocenters. The SMILES string of the molecule is Cc1cccc(=N)n1CC(O)CO.Cl. The van der Waals surface area contributed by atoms with E-state index in [1.54, 1.807) is 16.7 Å². The molecular weight excluding hydrogens is 204 g/mol. The minimum atomic E-state index is -0.796. The second-order valence-electron chi connectivity index (χ2n) is 3.00. The molecule has 0 spiro atoms. The number of nitrogens with zero attached hydrogens (tertiary/aromatic N) is 1. The van der Waals surface area contributed by atoms with Crippen LogP contribution in [0.15, 0.2) is 18.2 Å². The average molecular weight is 219 g/mol. The molecule has 0 aliphatic heterocycles. The lowest BCUT2D eigenvalue weighted by atomic mass is 10.3. The third-order valence-electron chi connectivity index (χ3n) is 1.91. The average Bonchev–Trinajstić information content (AvgIpc) is 2.11. The van der Waals surface area contributed by atoms with Gasteiger partial charge in [-0.3, -0.25) is 5.41 Å². The minimum Gasteiger partial charge on any atom is -0.394 e. The van der Waals surface area contributed by atoms with Crippen LogP contribution in [-0.2, 0) is 6.54 Å². The molecule has 4 nitrogen and oxygen atoms in total. The zero-order chi connectivity index (χ0) is 9.84. The van der Waals surface area contributed by atoms with Crippen LogP contribution in [0.2, 0.25) is 0 Å². The van der Waals surface area contributed by atoms with Crippen LogP contribution in [0.1, 0.15) is 5.69 Å². The Balaban J connectivity index is 0.00000169. The van der Waals surface area contributed by atoms with Gasteiger partial charge in [0, 0.05) is 5.69 Å². The van der Waals surface area contributed by atoms with Crippen LogP contribution in [0.4, 0.5) is 0 Å². The van der Waals surface area contributed by atoms with Gasteiger partial charge in [0.1, 0.15) is 5.49 Å². The number of hydrogen-bond donors (Lipinski definition) is 3. The van der Waals surface area contributed by atoms with Crippen molar-refractivity contribution >= 4 is 12.4 Å². The fraction of sp³-hybridized carbons (Fsp3) is 0.444. The molecule has 0 saturated carbocycles. The molecule has 80 valence electrons. The molecular formula is C9H15ClN2O2. The van der Waals surface area contributed by atoms with Gasteiger partial charge < -0.3 is 14.8 Å². The van der Waals surface area contributed by atoms with Crippen LogP contribution in [0, 0.1) is 12.3 Å². The van der Waals surface area contributed by atoms with Crippen molar-refractivity contribution in [3.8, 4) is 0 Å². The van der Waals surface area contributed by atoms with Gasteiger partial charge in [0.15, 0.2) is 0 Å². The molecule has 0 aliphatic carbocycles. The molecule has 0 aromatic carbocycles. The summed E-state index contributed by atoms with van der Waals surface area (Å²) in [6.07, 6.45) is -0.796. The normalized spacial score (nSPS) is 11.9. The molecule has 14 heavy (non-hydrogen) atoms. The fourth-order valence-corrected chi connectivity index (χ4v) is 1.16. The third kappa shape index (κ3) is 3.14. The van der Waals surface area contributed by atoms with Crippen LogP contribution < -0.4 is 5.49 Å². The van der Waals surface area contributed by atoms with E-state index in [1.165, 1.54) is 0 Å². The summed E-state index contributed by atoms with van der Waals surface area (Å²) in [5, 5.41) is 25.4. The van der Waals surface area contributed by atoms with Crippen molar-refractivity contribution in [3.05, 3.63) is 29.4 Å². The van der Waals surface area contributed by atoms with Crippen molar-refractivity contribution in [2.75, 3.05) is 6.61 Å². The second-order valence-corrected chi connectivity index (χ2v) is 3.00. The van der Waals surface area contributed by atoms with Crippen molar-refractivity contribution in [2.45, 2.75) is 19.6 Å². The summed E-state index contributed by atoms with van der Waals surface area (Å²) in [4.78, 5) is 0. The van der Waals surface area contributed by atoms with E-state index in [9.17, 15) is 5.11 Å². The predicted octanol–water partition coefficient (Wildman–Crippen LogP) is 0.0510. The van der Waals surface area contributed by atoms with Crippen LogP contribution in [0.5, 0.6) is 0 Å². The molecule has 0 fully saturated rings. The third-order valence-corrected chi connectivity index (χ3v) is 1.91. The van der Waals surface area contributed by atoms with Crippen LogP contribution in [-0.4, -0.2) is 27.5 Å². The van der Waals surface area contributed by atoms with Gasteiger partial charge in [-0.15, -0.1) is 12.4 Å². The van der Waals surface area contributed by atoms with Crippen LogP contribution >= 0.6 is 12.4 Å². The van der Waals surface area contributed by atoms with E-state index in [1.807, 2.05) is 13.0 Å². The van der Waals surface area contributed by atoms with Gasteiger partial charge in [-0.25, -0.2) is 0 Å². The van der Waals surface area contributed by atoms with Gasteiger partial charge in [-0.1, -0.05) is 6.07 Å². The Morgan fingerprint density at radius 3 is 2.64 bits per heavy atom. The molecule has 3 N–H and O–H groups in total. The molecule has 1 rings (SSSR count). The van der Waals surface area contributed by atoms with E-state index in [4.69, 9.17) is 10.5 Å². The lowest BCUT2D eigenvalue weighted by Gasteiger charge is -2.13. The van der Waals surface area contributed by atoms with Gasteiger partial charge >= 0.3 is 0 Å². The predicted molar refractivity (Wildman–Crippen MR) is 55.4 cm³/mol. The van der Waals surface area contributed by atoms with Gasteiger partial charge in [-0.05, 0) is 19.1 Å². The molecule has 1 heterocycles. The van der Waals surface area contributed by atoms with E-state index >= 15 is 0 Å². The van der Waals surface area contributed by atoms with Gasteiger partial charge in [-0.2, -0.15) is 0 Å². The van der Waals surface area contributed by atoms with Crippen molar-refractivity contribution in [1.82, 2.24) is 4.57 Å². The number of rotatable bonds is 3. The first kappa shape index (κ1) is 13.2. The Morgan fingerprint density at radius 2 is 2.14 bits per heavy atom. The maximum atomic E-state index is 9.21. The Hall–Kier alpha value is -0.840. The number of aliphatic hydroxyl groups is 2. The van der Waals surface area contributed by atoms with Crippen molar-refractivity contribution in [1.29, 1.82) is 5.41 Å². The number of pyridine rings is 1. The lowest BCUT2D eigenvalue weighted by Crippen LogP contribution is -2.29. The van der Waals surface area contributed by atoms with E-state index in [-0.39, 0.29) is 25.6 Å². The number of nitrogens with one attached hydrogen (secondary N) is 1. The van der Waals surface area contributed by atoms with Crippen molar-refractivity contribution in [3.63, 3.8) is 0 Å². The lowest BCUT2D eigenvalue weighted by molar-refractivity contribution is 0.0796. The Morgan fingerprint density at radius 1 is 1.50 bits per heavy atom. The van der Waals surface area contributed by atoms with E-state index in [0.717, 1.165) is 5.69 Å². The maximum Gasteiger partial charge on any atom is 0.124 e. The van der Waals surface area contributed by atoms with Crippen LogP contribution in [0.25, 0.3) is 0 Å². The van der Waals surface area contributed by atoms with Gasteiger partial charge in [0.05, 0.1) is 19.3 Å². The summed E-state index contributed by atoms with van der Waals surface area (Å²) < 4.78 is 1.65. The smallest absolute Gasteiger partial charge is 0.124 e. The first-order valence-corrected chi connectivity index (χ1v) is 4.15. The quantitative estimate of drug-likeness (QED) is 0.671. The van der Waals surface area contributed by atoms with Gasteiger partial charge in [0.25, 0.3) is 0 Å². The summed E-state index contributed by atoms with van der Waals surface area (Å²) in [6.45, 7) is 1.85. The summed E-state index contributed by atoms with van der Waals surface area (Å²) in [5.41, 5.74) is 1.24. The number of hydrogen-bond acceptors (Lipinski definition) is 3. The minimum absolute atomic E-state index is 0. The zero-order valence-corrected chi connectivity index (χ0v) is 8.79. The number of aromatic nitrogens is 1. The summed E-state index contributed by atoms with van der Waals surface area (Å²) in [7, 11) is 0. The highest BCUT2D eigenvalue weighted by Crippen LogP contribution is 1.95. The monoisotopic (exact) mass is 218 g/mol. The Bertz CT molecular complexity index is 338. The van der Waals surface area contributed by atoms with Crippen LogP contribution in [0.3, 0.4) is 0 Å². The maximum absolute atomic E-state index is 9.21.